The first-order valence-electron chi connectivity index (χ1n) is 14.2. The van der Waals surface area contributed by atoms with Crippen molar-refractivity contribution in [3.63, 3.8) is 0 Å². The highest BCUT2D eigenvalue weighted by atomic mass is 16.3. The molecule has 4 saturated carbocycles. The summed E-state index contributed by atoms with van der Waals surface area (Å²) >= 11 is 0. The maximum atomic E-state index is 12.6. The second-order valence-electron chi connectivity index (χ2n) is 13.0. The van der Waals surface area contributed by atoms with Crippen molar-refractivity contribution in [3.8, 4) is 0 Å². The number of aliphatic hydroxyl groups excluding tert-OH is 3. The summed E-state index contributed by atoms with van der Waals surface area (Å²) in [6.07, 6.45) is 18.0. The zero-order valence-electron chi connectivity index (χ0n) is 22.4. The minimum Gasteiger partial charge on any atom is -0.393 e. The van der Waals surface area contributed by atoms with Gasteiger partial charge < -0.3 is 15.3 Å². The maximum Gasteiger partial charge on any atom is 0.141 e. The molecule has 0 aromatic heterocycles. The Morgan fingerprint density at radius 1 is 1.11 bits per heavy atom. The molecule has 0 aliphatic heterocycles. The zero-order chi connectivity index (χ0) is 25.4. The Balaban J connectivity index is 1.48. The van der Waals surface area contributed by atoms with Crippen LogP contribution >= 0.6 is 0 Å². The van der Waals surface area contributed by atoms with Gasteiger partial charge in [-0.05, 0) is 93.3 Å². The molecule has 0 bridgehead atoms. The van der Waals surface area contributed by atoms with E-state index >= 15 is 0 Å². The van der Waals surface area contributed by atoms with Crippen molar-refractivity contribution in [3.05, 3.63) is 35.5 Å². The summed E-state index contributed by atoms with van der Waals surface area (Å²) in [6.45, 7) is 9.13. The number of rotatable bonds is 8. The van der Waals surface area contributed by atoms with Crippen molar-refractivity contribution in [2.24, 2.45) is 28.1 Å². The Kier molecular flexibility index (Phi) is 7.87. The van der Waals surface area contributed by atoms with Gasteiger partial charge >= 0.3 is 0 Å². The maximum absolute atomic E-state index is 12.6. The van der Waals surface area contributed by atoms with Crippen molar-refractivity contribution >= 4 is 5.78 Å². The molecular weight excluding hydrogens is 436 g/mol. The third-order valence-electron chi connectivity index (χ3n) is 10.0. The number of Topliss-reactive ketones (excluding diaryl/α,β-unsaturated/α-hetero) is 1. The normalized spacial score (nSPS) is 36.9. The molecule has 6 atom stereocenters. The van der Waals surface area contributed by atoms with Crippen LogP contribution in [0.4, 0.5) is 0 Å². The molecule has 0 saturated heterocycles. The third-order valence-corrected chi connectivity index (χ3v) is 10.0. The smallest absolute Gasteiger partial charge is 0.141 e. The van der Waals surface area contributed by atoms with Crippen LogP contribution in [-0.4, -0.2) is 39.4 Å². The van der Waals surface area contributed by atoms with Crippen LogP contribution in [0.5, 0.6) is 0 Å². The van der Waals surface area contributed by atoms with Crippen LogP contribution in [0.3, 0.4) is 0 Å². The minimum atomic E-state index is -0.666. The molecule has 4 heteroatoms. The number of hydrogen-bond acceptors (Lipinski definition) is 4. The Morgan fingerprint density at radius 2 is 1.80 bits per heavy atom. The van der Waals surface area contributed by atoms with Gasteiger partial charge in [0.1, 0.15) is 5.78 Å². The lowest BCUT2D eigenvalue weighted by atomic mass is 9.57. The SMILES string of the molecule is CCCC(=O)C1([C@@H](O)C=CC(C)(C)[C@H]2CC[C@H]3C(=CC=C4C[C@@H](O)C[C@H](O)C4)CCC[C@]23C)CC1. The molecule has 4 aliphatic carbocycles. The van der Waals surface area contributed by atoms with E-state index in [-0.39, 0.29) is 16.6 Å². The van der Waals surface area contributed by atoms with Gasteiger partial charge in [-0.15, -0.1) is 0 Å². The molecule has 3 N–H and O–H groups in total. The van der Waals surface area contributed by atoms with Crippen LogP contribution in [0.15, 0.2) is 35.5 Å². The second-order valence-corrected chi connectivity index (χ2v) is 13.0. The lowest BCUT2D eigenvalue weighted by Gasteiger charge is -2.47. The van der Waals surface area contributed by atoms with Crippen LogP contribution < -0.4 is 0 Å². The number of aliphatic hydroxyl groups is 3. The second kappa shape index (κ2) is 10.3. The summed E-state index contributed by atoms with van der Waals surface area (Å²) in [7, 11) is 0. The van der Waals surface area contributed by atoms with E-state index < -0.39 is 23.7 Å². The number of fused-ring (bicyclic) bond motifs is 1. The van der Waals surface area contributed by atoms with Gasteiger partial charge in [-0.3, -0.25) is 4.79 Å². The van der Waals surface area contributed by atoms with Gasteiger partial charge in [0.25, 0.3) is 0 Å². The van der Waals surface area contributed by atoms with E-state index in [2.05, 4.69) is 39.0 Å². The molecular formula is C31H48O4. The van der Waals surface area contributed by atoms with Gasteiger partial charge in [-0.2, -0.15) is 0 Å². The molecule has 0 heterocycles. The Bertz CT molecular complexity index is 864. The van der Waals surface area contributed by atoms with E-state index in [4.69, 9.17) is 0 Å². The van der Waals surface area contributed by atoms with E-state index in [1.165, 1.54) is 31.3 Å². The first kappa shape index (κ1) is 26.8. The molecule has 0 unspecified atom stereocenters. The fourth-order valence-corrected chi connectivity index (χ4v) is 7.98. The quantitative estimate of drug-likeness (QED) is 0.366. The third kappa shape index (κ3) is 5.40. The molecule has 0 aromatic rings. The lowest BCUT2D eigenvalue weighted by Crippen LogP contribution is -2.39. The summed E-state index contributed by atoms with van der Waals surface area (Å²) < 4.78 is 0. The average molecular weight is 485 g/mol. The zero-order valence-corrected chi connectivity index (χ0v) is 22.4. The van der Waals surface area contributed by atoms with Crippen LogP contribution in [0.2, 0.25) is 0 Å². The van der Waals surface area contributed by atoms with Crippen molar-refractivity contribution in [2.75, 3.05) is 0 Å². The summed E-state index contributed by atoms with van der Waals surface area (Å²) in [6, 6.07) is 0. The van der Waals surface area contributed by atoms with Gasteiger partial charge in [0.2, 0.25) is 0 Å². The molecule has 4 rings (SSSR count). The van der Waals surface area contributed by atoms with Gasteiger partial charge in [-0.25, -0.2) is 0 Å². The van der Waals surface area contributed by atoms with Gasteiger partial charge in [0, 0.05) is 6.42 Å². The Labute approximate surface area is 212 Å². The summed E-state index contributed by atoms with van der Waals surface area (Å²) in [5, 5.41) is 31.0. The van der Waals surface area contributed by atoms with Crippen molar-refractivity contribution < 1.29 is 20.1 Å². The number of ketones is 1. The Morgan fingerprint density at radius 3 is 2.43 bits per heavy atom. The average Bonchev–Trinajstić information content (AvgIpc) is 3.51. The van der Waals surface area contributed by atoms with E-state index in [0.717, 1.165) is 31.3 Å². The highest BCUT2D eigenvalue weighted by Gasteiger charge is 2.55. The van der Waals surface area contributed by atoms with Crippen molar-refractivity contribution in [1.82, 2.24) is 0 Å². The first-order chi connectivity index (χ1) is 16.5. The highest BCUT2D eigenvalue weighted by molar-refractivity contribution is 5.88. The lowest BCUT2D eigenvalue weighted by molar-refractivity contribution is -0.127. The van der Waals surface area contributed by atoms with Crippen LogP contribution in [0.25, 0.3) is 0 Å². The molecule has 4 nitrogen and oxygen atoms in total. The summed E-state index contributed by atoms with van der Waals surface area (Å²) in [5.74, 6) is 1.33. The molecule has 0 spiro atoms. The number of carbonyl (C=O) groups excluding carboxylic acids is 1. The van der Waals surface area contributed by atoms with Gasteiger partial charge in [0.15, 0.2) is 0 Å². The monoisotopic (exact) mass is 484 g/mol. The fraction of sp³-hybridized carbons (Fsp3) is 0.774. The molecule has 35 heavy (non-hydrogen) atoms. The van der Waals surface area contributed by atoms with Gasteiger partial charge in [0.05, 0.1) is 23.7 Å². The topological polar surface area (TPSA) is 77.8 Å². The van der Waals surface area contributed by atoms with Crippen LogP contribution in [0.1, 0.15) is 105 Å². The van der Waals surface area contributed by atoms with E-state index in [0.29, 0.717) is 37.5 Å². The molecule has 0 amide bonds. The van der Waals surface area contributed by atoms with E-state index in [1.807, 2.05) is 13.0 Å². The first-order valence-corrected chi connectivity index (χ1v) is 14.2. The fourth-order valence-electron chi connectivity index (χ4n) is 7.98. The predicted octanol–water partition coefficient (Wildman–Crippen LogP) is 6.05. The van der Waals surface area contributed by atoms with Crippen molar-refractivity contribution in [1.29, 1.82) is 0 Å². The number of carbonyl (C=O) groups is 1. The van der Waals surface area contributed by atoms with Crippen LogP contribution in [0, 0.1) is 28.1 Å². The summed E-state index contributed by atoms with van der Waals surface area (Å²) in [5.41, 5.74) is 2.36. The van der Waals surface area contributed by atoms with E-state index in [1.54, 1.807) is 0 Å². The predicted molar refractivity (Wildman–Crippen MR) is 141 cm³/mol. The summed E-state index contributed by atoms with van der Waals surface area (Å²) in [4.78, 5) is 12.6. The molecule has 0 radical (unpaired) electrons. The van der Waals surface area contributed by atoms with Crippen LogP contribution in [-0.2, 0) is 4.79 Å². The number of hydrogen-bond donors (Lipinski definition) is 3. The largest absolute Gasteiger partial charge is 0.393 e. The Hall–Kier alpha value is -1.23. The minimum absolute atomic E-state index is 0.0487. The van der Waals surface area contributed by atoms with Gasteiger partial charge in [-0.1, -0.05) is 63.1 Å². The molecule has 0 aromatic carbocycles. The van der Waals surface area contributed by atoms with Crippen molar-refractivity contribution in [2.45, 2.75) is 123 Å². The molecule has 4 aliphatic rings. The molecule has 196 valence electrons. The number of allylic oxidation sites excluding steroid dienone is 4. The standard InChI is InChI=1S/C31H48O4/c1-5-7-27(34)31(16-17-31)28(35)13-15-29(2,3)26-12-11-25-22(8-6-14-30(25,26)4)10-9-21-18-23(32)20-24(33)19-21/h9-10,13,15,23-26,28,32-33,35H,5-8,11-12,14,16-20H2,1-4H3/t23-,24-,25+,26-,28+,30+/m1/s1. The van der Waals surface area contributed by atoms with E-state index in [9.17, 15) is 20.1 Å². The highest BCUT2D eigenvalue weighted by Crippen LogP contribution is 2.62. The molecule has 4 fully saturated rings.